The van der Waals surface area contributed by atoms with E-state index in [2.05, 4.69) is 4.98 Å². The first-order chi connectivity index (χ1) is 7.68. The van der Waals surface area contributed by atoms with E-state index in [0.717, 1.165) is 5.56 Å². The van der Waals surface area contributed by atoms with Gasteiger partial charge in [-0.15, -0.1) is 0 Å². The van der Waals surface area contributed by atoms with Crippen molar-refractivity contribution in [1.29, 1.82) is 0 Å². The minimum Gasteiger partial charge on any atom is -0.247 e. The molecule has 0 fully saturated rings. The van der Waals surface area contributed by atoms with Crippen LogP contribution in [0.3, 0.4) is 0 Å². The van der Waals surface area contributed by atoms with Gasteiger partial charge in [-0.2, -0.15) is 0 Å². The molecule has 0 aliphatic carbocycles. The second-order valence-electron chi connectivity index (χ2n) is 3.37. The highest BCUT2D eigenvalue weighted by atomic mass is 35.5. The molecule has 0 aliphatic rings. The van der Waals surface area contributed by atoms with Gasteiger partial charge in [0.15, 0.2) is 0 Å². The van der Waals surface area contributed by atoms with Crippen molar-refractivity contribution in [2.75, 3.05) is 0 Å². The van der Waals surface area contributed by atoms with E-state index in [1.165, 1.54) is 0 Å². The predicted molar refractivity (Wildman–Crippen MR) is 65.1 cm³/mol. The molecule has 1 unspecified atom stereocenters. The van der Waals surface area contributed by atoms with Crippen molar-refractivity contribution < 1.29 is 4.21 Å². The third-order valence-corrected chi connectivity index (χ3v) is 3.91. The fourth-order valence-electron chi connectivity index (χ4n) is 1.32. The summed E-state index contributed by atoms with van der Waals surface area (Å²) in [4.78, 5) is 4.68. The molecule has 0 saturated heterocycles. The standard InChI is InChI=1S/C12H10ClNOS/c1-9-5-6-10(13)11(8-9)16(15)12-4-2-3-7-14-12/h2-8H,1H3. The average molecular weight is 252 g/mol. The van der Waals surface area contributed by atoms with E-state index < -0.39 is 10.8 Å². The lowest BCUT2D eigenvalue weighted by Gasteiger charge is -2.04. The average Bonchev–Trinajstić information content (AvgIpc) is 2.32. The third kappa shape index (κ3) is 2.31. The summed E-state index contributed by atoms with van der Waals surface area (Å²) in [5.74, 6) is 0. The van der Waals surface area contributed by atoms with Gasteiger partial charge in [-0.1, -0.05) is 23.7 Å². The van der Waals surface area contributed by atoms with Crippen LogP contribution in [0, 0.1) is 6.92 Å². The summed E-state index contributed by atoms with van der Waals surface area (Å²) in [5.41, 5.74) is 1.03. The SMILES string of the molecule is Cc1ccc(Cl)c(S(=O)c2ccccn2)c1. The first kappa shape index (κ1) is 11.3. The van der Waals surface area contributed by atoms with Crippen LogP contribution in [-0.4, -0.2) is 9.19 Å². The summed E-state index contributed by atoms with van der Waals surface area (Å²) in [6.07, 6.45) is 1.62. The number of aromatic nitrogens is 1. The van der Waals surface area contributed by atoms with Gasteiger partial charge >= 0.3 is 0 Å². The second-order valence-corrected chi connectivity index (χ2v) is 5.17. The molecule has 4 heteroatoms. The van der Waals surface area contributed by atoms with Crippen molar-refractivity contribution in [1.82, 2.24) is 4.98 Å². The highest BCUT2D eigenvalue weighted by Crippen LogP contribution is 2.24. The maximum atomic E-state index is 12.2. The largest absolute Gasteiger partial charge is 0.247 e. The normalized spacial score (nSPS) is 12.4. The summed E-state index contributed by atoms with van der Waals surface area (Å²) < 4.78 is 12.2. The van der Waals surface area contributed by atoms with Crippen LogP contribution in [0.4, 0.5) is 0 Å². The molecular weight excluding hydrogens is 242 g/mol. The summed E-state index contributed by atoms with van der Waals surface area (Å²) in [7, 11) is -1.31. The van der Waals surface area contributed by atoms with E-state index in [1.54, 1.807) is 24.4 Å². The Morgan fingerprint density at radius 3 is 2.75 bits per heavy atom. The van der Waals surface area contributed by atoms with Crippen molar-refractivity contribution >= 4 is 22.4 Å². The smallest absolute Gasteiger partial charge is 0.132 e. The van der Waals surface area contributed by atoms with Gasteiger partial charge in [0.25, 0.3) is 0 Å². The molecule has 2 nitrogen and oxygen atoms in total. The van der Waals surface area contributed by atoms with E-state index >= 15 is 0 Å². The monoisotopic (exact) mass is 251 g/mol. The number of nitrogens with zero attached hydrogens (tertiary/aromatic N) is 1. The van der Waals surface area contributed by atoms with Crippen LogP contribution < -0.4 is 0 Å². The van der Waals surface area contributed by atoms with Gasteiger partial charge in [0.2, 0.25) is 0 Å². The molecule has 0 radical (unpaired) electrons. The minimum absolute atomic E-state index is 0.509. The number of aryl methyl sites for hydroxylation is 1. The van der Waals surface area contributed by atoms with Crippen molar-refractivity contribution in [2.24, 2.45) is 0 Å². The molecule has 0 saturated carbocycles. The Morgan fingerprint density at radius 1 is 1.25 bits per heavy atom. The van der Waals surface area contributed by atoms with E-state index in [-0.39, 0.29) is 0 Å². The Balaban J connectivity index is 2.46. The molecule has 2 rings (SSSR count). The molecule has 1 heterocycles. The van der Waals surface area contributed by atoms with Crippen LogP contribution in [0.15, 0.2) is 52.5 Å². The highest BCUT2D eigenvalue weighted by Gasteiger charge is 2.11. The van der Waals surface area contributed by atoms with Crippen LogP contribution in [-0.2, 0) is 10.8 Å². The number of halogens is 1. The summed E-state index contributed by atoms with van der Waals surface area (Å²) >= 11 is 6.02. The Bertz CT molecular complexity index is 528. The lowest BCUT2D eigenvalue weighted by atomic mass is 10.2. The van der Waals surface area contributed by atoms with Gasteiger partial charge < -0.3 is 0 Å². The number of benzene rings is 1. The number of hydrogen-bond acceptors (Lipinski definition) is 2. The van der Waals surface area contributed by atoms with Crippen LogP contribution >= 0.6 is 11.6 Å². The van der Waals surface area contributed by atoms with Crippen molar-refractivity contribution in [3.8, 4) is 0 Å². The van der Waals surface area contributed by atoms with Crippen LogP contribution in [0.2, 0.25) is 5.02 Å². The minimum atomic E-state index is -1.31. The Morgan fingerprint density at radius 2 is 2.06 bits per heavy atom. The van der Waals surface area contributed by atoms with E-state index in [4.69, 9.17) is 11.6 Å². The summed E-state index contributed by atoms with van der Waals surface area (Å²) in [5, 5.41) is 1.03. The van der Waals surface area contributed by atoms with Gasteiger partial charge in [0.1, 0.15) is 15.8 Å². The van der Waals surface area contributed by atoms with Gasteiger partial charge in [0.05, 0.1) is 9.92 Å². The second kappa shape index (κ2) is 4.76. The Hall–Kier alpha value is -1.19. The summed E-state index contributed by atoms with van der Waals surface area (Å²) in [6, 6.07) is 10.8. The van der Waals surface area contributed by atoms with E-state index in [0.29, 0.717) is 14.9 Å². The molecule has 2 aromatic rings. The molecule has 0 spiro atoms. The molecule has 0 aliphatic heterocycles. The number of rotatable bonds is 2. The fraction of sp³-hybridized carbons (Fsp3) is 0.0833. The fourth-order valence-corrected chi connectivity index (χ4v) is 2.77. The van der Waals surface area contributed by atoms with Crippen molar-refractivity contribution in [3.05, 3.63) is 53.2 Å². The molecule has 16 heavy (non-hydrogen) atoms. The van der Waals surface area contributed by atoms with E-state index in [1.807, 2.05) is 25.1 Å². The predicted octanol–water partition coefficient (Wildman–Crippen LogP) is 3.21. The lowest BCUT2D eigenvalue weighted by Crippen LogP contribution is -1.96. The third-order valence-electron chi connectivity index (χ3n) is 2.11. The van der Waals surface area contributed by atoms with Gasteiger partial charge in [-0.25, -0.2) is 9.19 Å². The van der Waals surface area contributed by atoms with Gasteiger partial charge in [-0.05, 0) is 36.8 Å². The molecule has 82 valence electrons. The first-order valence-corrected chi connectivity index (χ1v) is 6.30. The molecule has 0 bridgehead atoms. The van der Waals surface area contributed by atoms with Crippen LogP contribution in [0.5, 0.6) is 0 Å². The van der Waals surface area contributed by atoms with Crippen molar-refractivity contribution in [3.63, 3.8) is 0 Å². The molecular formula is C12H10ClNOS. The maximum absolute atomic E-state index is 12.2. The highest BCUT2D eigenvalue weighted by molar-refractivity contribution is 7.85. The Labute approximate surface area is 102 Å². The summed E-state index contributed by atoms with van der Waals surface area (Å²) in [6.45, 7) is 1.94. The molecule has 0 N–H and O–H groups in total. The quantitative estimate of drug-likeness (QED) is 0.820. The number of pyridine rings is 1. The van der Waals surface area contributed by atoms with E-state index in [9.17, 15) is 4.21 Å². The molecule has 1 aromatic heterocycles. The number of hydrogen-bond donors (Lipinski definition) is 0. The Kier molecular flexibility index (Phi) is 3.36. The first-order valence-electron chi connectivity index (χ1n) is 4.77. The zero-order valence-corrected chi connectivity index (χ0v) is 10.3. The molecule has 0 amide bonds. The van der Waals surface area contributed by atoms with Crippen molar-refractivity contribution in [2.45, 2.75) is 16.8 Å². The molecule has 1 atom stereocenters. The topological polar surface area (TPSA) is 30.0 Å². The molecule has 1 aromatic carbocycles. The van der Waals surface area contributed by atoms with Gasteiger partial charge in [0, 0.05) is 6.20 Å². The van der Waals surface area contributed by atoms with Gasteiger partial charge in [-0.3, -0.25) is 0 Å². The zero-order valence-electron chi connectivity index (χ0n) is 8.68. The maximum Gasteiger partial charge on any atom is 0.132 e. The van der Waals surface area contributed by atoms with Crippen LogP contribution in [0.1, 0.15) is 5.56 Å². The lowest BCUT2D eigenvalue weighted by molar-refractivity contribution is 0.680. The van der Waals surface area contributed by atoms with Crippen LogP contribution in [0.25, 0.3) is 0 Å². The zero-order chi connectivity index (χ0) is 11.5.